The summed E-state index contributed by atoms with van der Waals surface area (Å²) in [6.07, 6.45) is 1.36. The van der Waals surface area contributed by atoms with Crippen LogP contribution in [0.2, 0.25) is 0 Å². The third-order valence-corrected chi connectivity index (χ3v) is 5.24. The highest BCUT2D eigenvalue weighted by Gasteiger charge is 2.32. The molecule has 0 fully saturated rings. The molecular formula is C23H25N3O4. The van der Waals surface area contributed by atoms with Gasteiger partial charge >= 0.3 is 0 Å². The Morgan fingerprint density at radius 2 is 1.83 bits per heavy atom. The van der Waals surface area contributed by atoms with Crippen molar-refractivity contribution in [1.29, 1.82) is 0 Å². The second kappa shape index (κ2) is 8.59. The van der Waals surface area contributed by atoms with Gasteiger partial charge in [0.2, 0.25) is 0 Å². The summed E-state index contributed by atoms with van der Waals surface area (Å²) in [4.78, 5) is 12.9. The number of methoxy groups -OCH3 is 3. The molecule has 0 unspecified atom stereocenters. The van der Waals surface area contributed by atoms with E-state index in [2.05, 4.69) is 5.32 Å². The molecule has 1 aliphatic carbocycles. The van der Waals surface area contributed by atoms with Gasteiger partial charge in [0, 0.05) is 37.8 Å². The number of nitrogens with zero attached hydrogens (tertiary/aromatic N) is 2. The lowest BCUT2D eigenvalue weighted by molar-refractivity contribution is 0.0942. The van der Waals surface area contributed by atoms with Gasteiger partial charge in [0.05, 0.1) is 25.6 Å². The number of rotatable bonds is 8. The minimum absolute atomic E-state index is 0.177. The van der Waals surface area contributed by atoms with Crippen molar-refractivity contribution in [1.82, 2.24) is 15.1 Å². The van der Waals surface area contributed by atoms with Gasteiger partial charge in [-0.15, -0.1) is 0 Å². The van der Waals surface area contributed by atoms with E-state index < -0.39 is 0 Å². The molecule has 0 bridgehead atoms. The van der Waals surface area contributed by atoms with Gasteiger partial charge in [-0.05, 0) is 36.2 Å². The lowest BCUT2D eigenvalue weighted by atomic mass is 10.1. The number of hydrogen-bond donors (Lipinski definition) is 1. The van der Waals surface area contributed by atoms with Gasteiger partial charge < -0.3 is 19.5 Å². The smallest absolute Gasteiger partial charge is 0.272 e. The summed E-state index contributed by atoms with van der Waals surface area (Å²) in [5.74, 6) is 1.14. The van der Waals surface area contributed by atoms with Gasteiger partial charge in [0.25, 0.3) is 5.91 Å². The molecule has 4 rings (SSSR count). The van der Waals surface area contributed by atoms with Crippen LogP contribution in [-0.4, -0.2) is 50.2 Å². The zero-order valence-corrected chi connectivity index (χ0v) is 17.4. The van der Waals surface area contributed by atoms with Crippen LogP contribution in [0.25, 0.3) is 16.9 Å². The number of carbonyl (C=O) groups is 1. The number of aromatic nitrogens is 2. The molecule has 7 heteroatoms. The van der Waals surface area contributed by atoms with Crippen molar-refractivity contribution >= 4 is 5.91 Å². The Hall–Kier alpha value is -3.32. The summed E-state index contributed by atoms with van der Waals surface area (Å²) in [5.41, 5.74) is 5.25. The average molecular weight is 407 g/mol. The highest BCUT2D eigenvalue weighted by Crippen LogP contribution is 2.44. The predicted molar refractivity (Wildman–Crippen MR) is 114 cm³/mol. The van der Waals surface area contributed by atoms with Crippen molar-refractivity contribution in [2.45, 2.75) is 12.8 Å². The molecule has 0 atom stereocenters. The topological polar surface area (TPSA) is 74.6 Å². The summed E-state index contributed by atoms with van der Waals surface area (Å²) < 4.78 is 17.9. The highest BCUT2D eigenvalue weighted by atomic mass is 16.5. The summed E-state index contributed by atoms with van der Waals surface area (Å²) in [6, 6.07) is 13.8. The first-order chi connectivity index (χ1) is 14.7. The molecule has 1 aliphatic rings. The minimum Gasteiger partial charge on any atom is -0.493 e. The standard InChI is InChI=1S/C23H25N3O4/c1-28-11-7-10-24-23(27)21-18-12-15-13-19(29-2)20(30-3)14-17(15)22(18)26(25-21)16-8-5-4-6-9-16/h4-6,8-9,13-14H,7,10-12H2,1-3H3,(H,24,27). The summed E-state index contributed by atoms with van der Waals surface area (Å²) >= 11 is 0. The first-order valence-corrected chi connectivity index (χ1v) is 9.87. The molecule has 156 valence electrons. The van der Waals surface area contributed by atoms with Crippen LogP contribution in [0.1, 0.15) is 28.0 Å². The van der Waals surface area contributed by atoms with E-state index in [0.29, 0.717) is 36.8 Å². The Bertz CT molecular complexity index is 1060. The maximum absolute atomic E-state index is 12.9. The first kappa shape index (κ1) is 20.0. The zero-order chi connectivity index (χ0) is 21.1. The average Bonchev–Trinajstić information content (AvgIpc) is 3.33. The molecule has 0 saturated heterocycles. The molecule has 0 saturated carbocycles. The molecule has 0 radical (unpaired) electrons. The van der Waals surface area contributed by atoms with E-state index in [9.17, 15) is 4.79 Å². The van der Waals surface area contributed by atoms with Crippen LogP contribution in [0.3, 0.4) is 0 Å². The van der Waals surface area contributed by atoms with Crippen LogP contribution >= 0.6 is 0 Å². The second-order valence-corrected chi connectivity index (χ2v) is 7.07. The van der Waals surface area contributed by atoms with Crippen molar-refractivity contribution in [2.75, 3.05) is 34.5 Å². The molecule has 1 N–H and O–H groups in total. The number of nitrogens with one attached hydrogen (secondary N) is 1. The van der Waals surface area contributed by atoms with E-state index in [-0.39, 0.29) is 5.91 Å². The van der Waals surface area contributed by atoms with E-state index in [0.717, 1.165) is 34.5 Å². The summed E-state index contributed by atoms with van der Waals surface area (Å²) in [7, 11) is 4.89. The fourth-order valence-corrected chi connectivity index (χ4v) is 3.81. The van der Waals surface area contributed by atoms with Gasteiger partial charge in [-0.3, -0.25) is 4.79 Å². The van der Waals surface area contributed by atoms with Crippen molar-refractivity contribution in [3.8, 4) is 28.4 Å². The molecule has 3 aromatic rings. The van der Waals surface area contributed by atoms with E-state index >= 15 is 0 Å². The summed E-state index contributed by atoms with van der Waals surface area (Å²) in [5, 5.41) is 7.66. The van der Waals surface area contributed by atoms with Gasteiger partial charge in [-0.1, -0.05) is 18.2 Å². The van der Waals surface area contributed by atoms with Crippen LogP contribution in [0.4, 0.5) is 0 Å². The molecule has 30 heavy (non-hydrogen) atoms. The predicted octanol–water partition coefficient (Wildman–Crippen LogP) is 3.23. The molecule has 0 spiro atoms. The van der Waals surface area contributed by atoms with Crippen molar-refractivity contribution in [2.24, 2.45) is 0 Å². The Morgan fingerprint density at radius 3 is 2.53 bits per heavy atom. The Balaban J connectivity index is 1.79. The quantitative estimate of drug-likeness (QED) is 0.454. The fraction of sp³-hybridized carbons (Fsp3) is 0.304. The molecule has 2 aromatic carbocycles. The monoisotopic (exact) mass is 407 g/mol. The Kier molecular flexibility index (Phi) is 5.72. The Labute approximate surface area is 175 Å². The second-order valence-electron chi connectivity index (χ2n) is 7.07. The molecule has 7 nitrogen and oxygen atoms in total. The fourth-order valence-electron chi connectivity index (χ4n) is 3.81. The van der Waals surface area contributed by atoms with Crippen LogP contribution in [0, 0.1) is 0 Å². The minimum atomic E-state index is -0.177. The summed E-state index contributed by atoms with van der Waals surface area (Å²) in [6.45, 7) is 1.14. The van der Waals surface area contributed by atoms with Crippen molar-refractivity contribution in [3.05, 3.63) is 59.3 Å². The van der Waals surface area contributed by atoms with Gasteiger partial charge in [-0.2, -0.15) is 5.10 Å². The lowest BCUT2D eigenvalue weighted by Crippen LogP contribution is -2.26. The lowest BCUT2D eigenvalue weighted by Gasteiger charge is -2.12. The molecule has 0 aliphatic heterocycles. The number of carbonyl (C=O) groups excluding carboxylic acids is 1. The number of ether oxygens (including phenoxy) is 3. The number of amides is 1. The number of para-hydroxylation sites is 1. The number of benzene rings is 2. The Morgan fingerprint density at radius 1 is 1.10 bits per heavy atom. The molecule has 1 aromatic heterocycles. The largest absolute Gasteiger partial charge is 0.493 e. The molecular weight excluding hydrogens is 382 g/mol. The first-order valence-electron chi connectivity index (χ1n) is 9.87. The SMILES string of the molecule is COCCCNC(=O)c1nn(-c2ccccc2)c2c1Cc1cc(OC)c(OC)cc1-2. The van der Waals surface area contributed by atoms with Gasteiger partial charge in [0.15, 0.2) is 17.2 Å². The van der Waals surface area contributed by atoms with Gasteiger partial charge in [0.1, 0.15) is 0 Å². The van der Waals surface area contributed by atoms with Gasteiger partial charge in [-0.25, -0.2) is 4.68 Å². The van der Waals surface area contributed by atoms with E-state index in [1.165, 1.54) is 0 Å². The van der Waals surface area contributed by atoms with Crippen LogP contribution < -0.4 is 14.8 Å². The number of hydrogen-bond acceptors (Lipinski definition) is 5. The van der Waals surface area contributed by atoms with Crippen LogP contribution in [-0.2, 0) is 11.2 Å². The van der Waals surface area contributed by atoms with E-state index in [1.807, 2.05) is 47.1 Å². The third-order valence-electron chi connectivity index (χ3n) is 5.24. The van der Waals surface area contributed by atoms with Crippen molar-refractivity contribution < 1.29 is 19.0 Å². The van der Waals surface area contributed by atoms with Crippen molar-refractivity contribution in [3.63, 3.8) is 0 Å². The molecule has 1 heterocycles. The van der Waals surface area contributed by atoms with Crippen LogP contribution in [0.15, 0.2) is 42.5 Å². The highest BCUT2D eigenvalue weighted by molar-refractivity contribution is 5.97. The number of fused-ring (bicyclic) bond motifs is 3. The zero-order valence-electron chi connectivity index (χ0n) is 17.4. The van der Waals surface area contributed by atoms with Crippen LogP contribution in [0.5, 0.6) is 11.5 Å². The normalized spacial score (nSPS) is 11.7. The maximum Gasteiger partial charge on any atom is 0.272 e. The maximum atomic E-state index is 12.9. The third kappa shape index (κ3) is 3.52. The van der Waals surface area contributed by atoms with E-state index in [4.69, 9.17) is 19.3 Å². The van der Waals surface area contributed by atoms with E-state index in [1.54, 1.807) is 21.3 Å². The molecule has 1 amide bonds.